The number of rotatable bonds is 5. The van der Waals surface area contributed by atoms with Crippen molar-refractivity contribution in [3.05, 3.63) is 34.9 Å². The minimum Gasteiger partial charge on any atom is -0.340 e. The molecule has 2 aliphatic rings. The van der Waals surface area contributed by atoms with Gasteiger partial charge in [-0.1, -0.05) is 19.1 Å². The number of hydrogen-bond donors (Lipinski definition) is 0. The standard InChI is InChI=1S/C19H26N2O2/c1-2-20-10-12-21(13-11-20)19(23)9-8-18(22)17-7-6-15-4-3-5-16(15)14-17/h6-7,14H,2-5,8-13H2,1H3. The molecule has 1 fully saturated rings. The normalized spacial score (nSPS) is 18.0. The molecule has 0 unspecified atom stereocenters. The maximum atomic E-state index is 12.4. The fraction of sp³-hybridized carbons (Fsp3) is 0.579. The first-order valence-electron chi connectivity index (χ1n) is 8.82. The first kappa shape index (κ1) is 16.2. The molecule has 1 heterocycles. The molecule has 1 aromatic carbocycles. The molecule has 0 atom stereocenters. The van der Waals surface area contributed by atoms with Crippen LogP contribution in [-0.4, -0.2) is 54.2 Å². The van der Waals surface area contributed by atoms with Crippen LogP contribution in [0.2, 0.25) is 0 Å². The summed E-state index contributed by atoms with van der Waals surface area (Å²) in [5.41, 5.74) is 3.47. The van der Waals surface area contributed by atoms with Gasteiger partial charge in [0.2, 0.25) is 5.91 Å². The number of Topliss-reactive ketones (excluding diaryl/α,β-unsaturated/α-hetero) is 1. The summed E-state index contributed by atoms with van der Waals surface area (Å²) in [6, 6.07) is 6.05. The van der Waals surface area contributed by atoms with Crippen LogP contribution in [0.5, 0.6) is 0 Å². The zero-order valence-corrected chi connectivity index (χ0v) is 14.0. The SMILES string of the molecule is CCN1CCN(C(=O)CCC(=O)c2ccc3c(c2)CCC3)CC1. The summed E-state index contributed by atoms with van der Waals surface area (Å²) in [6.45, 7) is 6.66. The van der Waals surface area contributed by atoms with Gasteiger partial charge >= 0.3 is 0 Å². The molecule has 0 N–H and O–H groups in total. The summed E-state index contributed by atoms with van der Waals surface area (Å²) in [6.07, 6.45) is 4.06. The van der Waals surface area contributed by atoms with Gasteiger partial charge in [-0.25, -0.2) is 0 Å². The smallest absolute Gasteiger partial charge is 0.223 e. The number of benzene rings is 1. The van der Waals surface area contributed by atoms with Crippen LogP contribution in [0.3, 0.4) is 0 Å². The third kappa shape index (κ3) is 3.81. The van der Waals surface area contributed by atoms with E-state index in [2.05, 4.69) is 17.9 Å². The van der Waals surface area contributed by atoms with E-state index in [1.807, 2.05) is 17.0 Å². The molecular formula is C19H26N2O2. The van der Waals surface area contributed by atoms with Gasteiger partial charge in [-0.05, 0) is 43.0 Å². The number of fused-ring (bicyclic) bond motifs is 1. The summed E-state index contributed by atoms with van der Waals surface area (Å²) in [5, 5.41) is 0. The second kappa shape index (κ2) is 7.26. The third-order valence-corrected chi connectivity index (χ3v) is 5.16. The molecule has 0 aromatic heterocycles. The van der Waals surface area contributed by atoms with Crippen LogP contribution < -0.4 is 0 Å². The van der Waals surface area contributed by atoms with Crippen molar-refractivity contribution < 1.29 is 9.59 Å². The fourth-order valence-electron chi connectivity index (χ4n) is 3.58. The average molecular weight is 314 g/mol. The molecule has 1 aliphatic heterocycles. The van der Waals surface area contributed by atoms with Crippen molar-refractivity contribution in [2.75, 3.05) is 32.7 Å². The van der Waals surface area contributed by atoms with E-state index in [4.69, 9.17) is 0 Å². The van der Waals surface area contributed by atoms with Gasteiger partial charge in [0.05, 0.1) is 0 Å². The Morgan fingerprint density at radius 3 is 2.48 bits per heavy atom. The Morgan fingerprint density at radius 1 is 1.00 bits per heavy atom. The van der Waals surface area contributed by atoms with E-state index in [9.17, 15) is 9.59 Å². The second-order valence-electron chi connectivity index (χ2n) is 6.58. The van der Waals surface area contributed by atoms with Crippen LogP contribution >= 0.6 is 0 Å². The first-order valence-corrected chi connectivity index (χ1v) is 8.82. The highest BCUT2D eigenvalue weighted by molar-refractivity contribution is 5.98. The Hall–Kier alpha value is -1.68. The average Bonchev–Trinajstić information content (AvgIpc) is 3.07. The highest BCUT2D eigenvalue weighted by Crippen LogP contribution is 2.23. The summed E-state index contributed by atoms with van der Waals surface area (Å²) in [5.74, 6) is 0.218. The van der Waals surface area contributed by atoms with Crippen molar-refractivity contribution in [2.24, 2.45) is 0 Å². The van der Waals surface area contributed by atoms with E-state index < -0.39 is 0 Å². The monoisotopic (exact) mass is 314 g/mol. The molecular weight excluding hydrogens is 288 g/mol. The molecule has 1 aromatic rings. The van der Waals surface area contributed by atoms with Gasteiger partial charge < -0.3 is 9.80 Å². The molecule has 0 saturated carbocycles. The summed E-state index contributed by atoms with van der Waals surface area (Å²) in [7, 11) is 0. The third-order valence-electron chi connectivity index (χ3n) is 5.16. The largest absolute Gasteiger partial charge is 0.340 e. The number of hydrogen-bond acceptors (Lipinski definition) is 3. The lowest BCUT2D eigenvalue weighted by Gasteiger charge is -2.34. The van der Waals surface area contributed by atoms with E-state index in [0.29, 0.717) is 12.8 Å². The van der Waals surface area contributed by atoms with Gasteiger partial charge in [0.25, 0.3) is 0 Å². The predicted octanol–water partition coefficient (Wildman–Crippen LogP) is 2.30. The lowest BCUT2D eigenvalue weighted by molar-refractivity contribution is -0.132. The molecule has 1 saturated heterocycles. The summed E-state index contributed by atoms with van der Waals surface area (Å²) in [4.78, 5) is 28.9. The molecule has 0 bridgehead atoms. The number of likely N-dealkylation sites (N-methyl/N-ethyl adjacent to an activating group) is 1. The Labute approximate surface area is 138 Å². The minimum atomic E-state index is 0.0974. The summed E-state index contributed by atoms with van der Waals surface area (Å²) < 4.78 is 0. The molecule has 124 valence electrons. The molecule has 4 heteroatoms. The van der Waals surface area contributed by atoms with Crippen LogP contribution in [-0.2, 0) is 17.6 Å². The van der Waals surface area contributed by atoms with Crippen molar-refractivity contribution in [3.63, 3.8) is 0 Å². The minimum absolute atomic E-state index is 0.0974. The van der Waals surface area contributed by atoms with E-state index in [1.54, 1.807) is 0 Å². The van der Waals surface area contributed by atoms with E-state index >= 15 is 0 Å². The van der Waals surface area contributed by atoms with Gasteiger partial charge in [-0.3, -0.25) is 9.59 Å². The number of ketones is 1. The van der Waals surface area contributed by atoms with Gasteiger partial charge in [0, 0.05) is 44.6 Å². The Bertz CT molecular complexity index is 589. The van der Waals surface area contributed by atoms with E-state index in [0.717, 1.165) is 51.1 Å². The molecule has 0 spiro atoms. The van der Waals surface area contributed by atoms with Crippen LogP contribution in [0.25, 0.3) is 0 Å². The van der Waals surface area contributed by atoms with Crippen LogP contribution in [0.1, 0.15) is 47.7 Å². The maximum Gasteiger partial charge on any atom is 0.223 e. The van der Waals surface area contributed by atoms with Gasteiger partial charge in [0.1, 0.15) is 0 Å². The Kier molecular flexibility index (Phi) is 5.11. The Morgan fingerprint density at radius 2 is 1.74 bits per heavy atom. The highest BCUT2D eigenvalue weighted by Gasteiger charge is 2.21. The van der Waals surface area contributed by atoms with Gasteiger partial charge in [-0.2, -0.15) is 0 Å². The quantitative estimate of drug-likeness (QED) is 0.783. The maximum absolute atomic E-state index is 12.4. The van der Waals surface area contributed by atoms with Crippen molar-refractivity contribution in [2.45, 2.75) is 39.0 Å². The van der Waals surface area contributed by atoms with Crippen LogP contribution in [0.15, 0.2) is 18.2 Å². The molecule has 23 heavy (non-hydrogen) atoms. The van der Waals surface area contributed by atoms with E-state index in [1.165, 1.54) is 17.5 Å². The molecule has 1 aliphatic carbocycles. The molecule has 4 nitrogen and oxygen atoms in total. The van der Waals surface area contributed by atoms with Crippen LogP contribution in [0, 0.1) is 0 Å². The Balaban J connectivity index is 1.50. The second-order valence-corrected chi connectivity index (χ2v) is 6.58. The number of aryl methyl sites for hydroxylation is 2. The lowest BCUT2D eigenvalue weighted by atomic mass is 10.0. The van der Waals surface area contributed by atoms with Gasteiger partial charge in [-0.15, -0.1) is 0 Å². The lowest BCUT2D eigenvalue weighted by Crippen LogP contribution is -2.48. The number of carbonyl (C=O) groups excluding carboxylic acids is 2. The zero-order chi connectivity index (χ0) is 16.2. The first-order chi connectivity index (χ1) is 11.2. The van der Waals surface area contributed by atoms with E-state index in [-0.39, 0.29) is 11.7 Å². The summed E-state index contributed by atoms with van der Waals surface area (Å²) >= 11 is 0. The number of amides is 1. The predicted molar refractivity (Wildman–Crippen MR) is 90.7 cm³/mol. The molecule has 1 amide bonds. The zero-order valence-electron chi connectivity index (χ0n) is 14.0. The molecule has 3 rings (SSSR count). The fourth-order valence-corrected chi connectivity index (χ4v) is 3.58. The van der Waals surface area contributed by atoms with Crippen molar-refractivity contribution in [1.82, 2.24) is 9.80 Å². The van der Waals surface area contributed by atoms with Crippen molar-refractivity contribution >= 4 is 11.7 Å². The highest BCUT2D eigenvalue weighted by atomic mass is 16.2. The van der Waals surface area contributed by atoms with Crippen LogP contribution in [0.4, 0.5) is 0 Å². The van der Waals surface area contributed by atoms with Crippen molar-refractivity contribution in [3.8, 4) is 0 Å². The van der Waals surface area contributed by atoms with Gasteiger partial charge in [0.15, 0.2) is 5.78 Å². The van der Waals surface area contributed by atoms with Crippen molar-refractivity contribution in [1.29, 1.82) is 0 Å². The number of carbonyl (C=O) groups is 2. The number of piperazine rings is 1. The molecule has 0 radical (unpaired) electrons. The topological polar surface area (TPSA) is 40.6 Å². The number of nitrogens with zero attached hydrogens (tertiary/aromatic N) is 2.